The van der Waals surface area contributed by atoms with E-state index in [4.69, 9.17) is 10.8 Å². The minimum absolute atomic E-state index is 0.215. The number of aromatic nitrogens is 4. The van der Waals surface area contributed by atoms with Gasteiger partial charge in [0.15, 0.2) is 5.17 Å². The lowest BCUT2D eigenvalue weighted by Gasteiger charge is -2.07. The van der Waals surface area contributed by atoms with E-state index < -0.39 is 0 Å². The fourth-order valence-electron chi connectivity index (χ4n) is 2.74. The van der Waals surface area contributed by atoms with Gasteiger partial charge in [0.05, 0.1) is 5.52 Å². The summed E-state index contributed by atoms with van der Waals surface area (Å²) >= 11 is 2.59. The summed E-state index contributed by atoms with van der Waals surface area (Å²) in [5.41, 5.74) is 3.91. The van der Waals surface area contributed by atoms with Crippen molar-refractivity contribution in [3.8, 4) is 11.1 Å². The average molecular weight is 407 g/mol. The van der Waals surface area contributed by atoms with E-state index >= 15 is 0 Å². The number of benzene rings is 1. The monoisotopic (exact) mass is 406 g/mol. The highest BCUT2D eigenvalue weighted by atomic mass is 32.2. The molecular weight excluding hydrogens is 388 g/mol. The summed E-state index contributed by atoms with van der Waals surface area (Å²) in [6.45, 7) is 3.96. The van der Waals surface area contributed by atoms with Gasteiger partial charge in [-0.05, 0) is 43.7 Å². The third-order valence-electron chi connectivity index (χ3n) is 4.23. The van der Waals surface area contributed by atoms with Gasteiger partial charge in [-0.1, -0.05) is 36.1 Å². The van der Waals surface area contributed by atoms with E-state index in [-0.39, 0.29) is 9.97 Å². The van der Waals surface area contributed by atoms with Crippen molar-refractivity contribution in [3.63, 3.8) is 0 Å². The van der Waals surface area contributed by atoms with E-state index in [1.165, 1.54) is 27.8 Å². The Balaban J connectivity index is 1.64. The van der Waals surface area contributed by atoms with Crippen LogP contribution in [0.25, 0.3) is 22.0 Å². The maximum absolute atomic E-state index is 8.33. The van der Waals surface area contributed by atoms with Crippen LogP contribution in [0.15, 0.2) is 53.7 Å². The summed E-state index contributed by atoms with van der Waals surface area (Å²) in [5.74, 6) is 0. The first-order valence-corrected chi connectivity index (χ1v) is 10.4. The number of nitrogens with zero attached hydrogens (tertiary/aromatic N) is 4. The van der Waals surface area contributed by atoms with E-state index in [2.05, 4.69) is 21.1 Å². The number of hydrogen-bond donors (Lipinski definition) is 2. The van der Waals surface area contributed by atoms with Crippen LogP contribution in [0.5, 0.6) is 0 Å². The molecule has 0 radical (unpaired) electrons. The van der Waals surface area contributed by atoms with Crippen molar-refractivity contribution in [1.29, 1.82) is 10.8 Å². The minimum atomic E-state index is 0.215. The molecule has 4 rings (SSSR count). The third kappa shape index (κ3) is 3.74. The van der Waals surface area contributed by atoms with Gasteiger partial charge < -0.3 is 0 Å². The number of aryl methyl sites for hydroxylation is 2. The zero-order valence-electron chi connectivity index (χ0n) is 15.4. The van der Waals surface area contributed by atoms with Crippen molar-refractivity contribution in [2.24, 2.45) is 0 Å². The molecule has 2 N–H and O–H groups in total. The van der Waals surface area contributed by atoms with Crippen LogP contribution in [-0.2, 0) is 6.42 Å². The molecule has 6 nitrogen and oxygen atoms in total. The summed E-state index contributed by atoms with van der Waals surface area (Å²) in [6.07, 6.45) is 4.47. The molecule has 0 aliphatic heterocycles. The second kappa shape index (κ2) is 7.65. The van der Waals surface area contributed by atoms with Crippen LogP contribution in [0, 0.1) is 17.7 Å². The highest BCUT2D eigenvalue weighted by Crippen LogP contribution is 2.27. The zero-order chi connectivity index (χ0) is 19.7. The van der Waals surface area contributed by atoms with E-state index in [0.29, 0.717) is 0 Å². The highest BCUT2D eigenvalue weighted by Gasteiger charge is 2.10. The van der Waals surface area contributed by atoms with E-state index in [0.717, 1.165) is 44.0 Å². The number of rotatable bonds is 3. The Morgan fingerprint density at radius 1 is 1.11 bits per heavy atom. The normalized spacial score (nSPS) is 11.1. The second-order valence-electron chi connectivity index (χ2n) is 6.24. The van der Waals surface area contributed by atoms with Crippen molar-refractivity contribution in [2.75, 3.05) is 0 Å². The maximum Gasteiger partial charge on any atom is 0.207 e. The average Bonchev–Trinajstić information content (AvgIpc) is 3.09. The molecule has 140 valence electrons. The maximum atomic E-state index is 8.33. The first kappa shape index (κ1) is 18.5. The SMILES string of the molecule is CCc1nn(C(=N)Sc2ccc3ncc(-c4ccc(C)nc4)cc3c2)c(=N)s1. The Labute approximate surface area is 170 Å². The van der Waals surface area contributed by atoms with Crippen molar-refractivity contribution in [3.05, 3.63) is 64.3 Å². The van der Waals surface area contributed by atoms with Gasteiger partial charge in [-0.3, -0.25) is 20.8 Å². The van der Waals surface area contributed by atoms with Crippen molar-refractivity contribution < 1.29 is 0 Å². The molecule has 3 aromatic heterocycles. The molecule has 0 fully saturated rings. The van der Waals surface area contributed by atoms with Crippen molar-refractivity contribution in [1.82, 2.24) is 19.7 Å². The molecule has 0 spiro atoms. The largest absolute Gasteiger partial charge is 0.277 e. The van der Waals surface area contributed by atoms with Gasteiger partial charge in [0.1, 0.15) is 5.01 Å². The van der Waals surface area contributed by atoms with E-state index in [1.54, 1.807) is 0 Å². The van der Waals surface area contributed by atoms with Crippen LogP contribution in [0.3, 0.4) is 0 Å². The van der Waals surface area contributed by atoms with E-state index in [9.17, 15) is 0 Å². The summed E-state index contributed by atoms with van der Waals surface area (Å²) < 4.78 is 1.38. The molecule has 3 heterocycles. The fraction of sp³-hybridized carbons (Fsp3) is 0.150. The lowest BCUT2D eigenvalue weighted by molar-refractivity contribution is 0.843. The van der Waals surface area contributed by atoms with Gasteiger partial charge in [0.2, 0.25) is 4.80 Å². The molecule has 1 aromatic carbocycles. The molecule has 4 aromatic rings. The van der Waals surface area contributed by atoms with Crippen molar-refractivity contribution in [2.45, 2.75) is 25.2 Å². The molecule has 28 heavy (non-hydrogen) atoms. The lowest BCUT2D eigenvalue weighted by atomic mass is 10.1. The molecule has 0 amide bonds. The summed E-state index contributed by atoms with van der Waals surface area (Å²) in [7, 11) is 0. The predicted molar refractivity (Wildman–Crippen MR) is 114 cm³/mol. The van der Waals surface area contributed by atoms with Gasteiger partial charge >= 0.3 is 0 Å². The van der Waals surface area contributed by atoms with Gasteiger partial charge in [0.25, 0.3) is 0 Å². The quantitative estimate of drug-likeness (QED) is 0.298. The minimum Gasteiger partial charge on any atom is -0.277 e. The van der Waals surface area contributed by atoms with Gasteiger partial charge in [-0.2, -0.15) is 9.78 Å². The van der Waals surface area contributed by atoms with Crippen LogP contribution in [0.2, 0.25) is 0 Å². The standard InChI is InChI=1S/C20H18N6S2/c1-3-18-25-26(20(22)28-18)19(21)27-16-6-7-17-14(9-16)8-15(11-24-17)13-5-4-12(2)23-10-13/h4-11,21-22H,3H2,1-2H3. The number of pyridine rings is 2. The van der Waals surface area contributed by atoms with Crippen LogP contribution in [0.1, 0.15) is 17.6 Å². The van der Waals surface area contributed by atoms with Crippen molar-refractivity contribution >= 4 is 39.2 Å². The molecule has 0 saturated carbocycles. The first-order chi connectivity index (χ1) is 13.5. The molecule has 0 unspecified atom stereocenters. The molecule has 0 bridgehead atoms. The number of fused-ring (bicyclic) bond motifs is 1. The van der Waals surface area contributed by atoms with Gasteiger partial charge in [0, 0.05) is 39.5 Å². The van der Waals surface area contributed by atoms with Crippen LogP contribution >= 0.6 is 23.1 Å². The van der Waals surface area contributed by atoms with Gasteiger partial charge in [-0.25, -0.2) is 0 Å². The molecule has 0 aliphatic carbocycles. The molecule has 8 heteroatoms. The number of hydrogen-bond acceptors (Lipinski definition) is 7. The zero-order valence-corrected chi connectivity index (χ0v) is 17.1. The Hall–Kier alpha value is -2.84. The van der Waals surface area contributed by atoms with E-state index in [1.807, 2.05) is 56.6 Å². The lowest BCUT2D eigenvalue weighted by Crippen LogP contribution is -2.20. The predicted octanol–water partition coefficient (Wildman–Crippen LogP) is 4.48. The van der Waals surface area contributed by atoms with Gasteiger partial charge in [-0.15, -0.1) is 0 Å². The van der Waals surface area contributed by atoms with Crippen LogP contribution in [0.4, 0.5) is 0 Å². The topological polar surface area (TPSA) is 91.3 Å². The molecule has 0 aliphatic rings. The summed E-state index contributed by atoms with van der Waals surface area (Å²) in [4.78, 5) is 10.1. The highest BCUT2D eigenvalue weighted by molar-refractivity contribution is 8.13. The summed E-state index contributed by atoms with van der Waals surface area (Å²) in [5, 5.41) is 22.7. The Bertz CT molecular complexity index is 1220. The Morgan fingerprint density at radius 3 is 2.64 bits per heavy atom. The third-order valence-corrected chi connectivity index (χ3v) is 6.05. The Kier molecular flexibility index (Phi) is 5.06. The smallest absolute Gasteiger partial charge is 0.207 e. The fourth-order valence-corrected chi connectivity index (χ4v) is 4.27. The first-order valence-electron chi connectivity index (χ1n) is 8.77. The van der Waals surface area contributed by atoms with Crippen LogP contribution < -0.4 is 4.80 Å². The number of nitrogens with one attached hydrogen (secondary N) is 2. The van der Waals surface area contributed by atoms with Crippen LogP contribution in [-0.4, -0.2) is 24.9 Å². The Morgan fingerprint density at radius 2 is 1.93 bits per heavy atom. The molecular formula is C20H18N6S2. The molecule has 0 saturated heterocycles. The number of thioether (sulfide) groups is 1. The summed E-state index contributed by atoms with van der Waals surface area (Å²) in [6, 6.07) is 12.0. The molecule has 0 atom stereocenters. The second-order valence-corrected chi connectivity index (χ2v) is 8.36.